The Morgan fingerprint density at radius 3 is 2.43 bits per heavy atom. The number of rotatable bonds is 0. The van der Waals surface area contributed by atoms with E-state index in [0.717, 1.165) is 0 Å². The van der Waals surface area contributed by atoms with Gasteiger partial charge < -0.3 is 21.7 Å². The number of nitrogen functional groups attached to an aromatic ring is 2. The third-order valence-corrected chi connectivity index (χ3v) is 2.16. The molecule has 2 rings (SSSR count). The minimum Gasteiger partial charge on any atom is -0.508 e. The van der Waals surface area contributed by atoms with E-state index in [9.17, 15) is 10.2 Å². The molecule has 0 atom stereocenters. The van der Waals surface area contributed by atoms with Crippen molar-refractivity contribution < 1.29 is 10.2 Å². The van der Waals surface area contributed by atoms with Crippen LogP contribution in [-0.4, -0.2) is 10.2 Å². The van der Waals surface area contributed by atoms with E-state index in [1.165, 1.54) is 6.07 Å². The van der Waals surface area contributed by atoms with Crippen molar-refractivity contribution >= 4 is 22.1 Å². The standard InChI is InChI=1S/C10H10N2O2/c11-8-4-5-3-6(13)1-2-7(5)9(12)10(8)14/h1-4,13-14H,11-12H2. The smallest absolute Gasteiger partial charge is 0.162 e. The summed E-state index contributed by atoms with van der Waals surface area (Å²) < 4.78 is 0. The first-order valence-corrected chi connectivity index (χ1v) is 4.09. The lowest BCUT2D eigenvalue weighted by Crippen LogP contribution is -1.93. The van der Waals surface area contributed by atoms with E-state index >= 15 is 0 Å². The molecule has 0 heterocycles. The first-order valence-electron chi connectivity index (χ1n) is 4.09. The Morgan fingerprint density at radius 1 is 1.00 bits per heavy atom. The molecule has 6 N–H and O–H groups in total. The summed E-state index contributed by atoms with van der Waals surface area (Å²) in [4.78, 5) is 0. The van der Waals surface area contributed by atoms with Crippen molar-refractivity contribution in [3.05, 3.63) is 24.3 Å². The molecule has 0 spiro atoms. The van der Waals surface area contributed by atoms with E-state index in [4.69, 9.17) is 11.5 Å². The molecular formula is C10H10N2O2. The molecule has 0 saturated carbocycles. The van der Waals surface area contributed by atoms with E-state index < -0.39 is 0 Å². The highest BCUT2D eigenvalue weighted by Crippen LogP contribution is 2.36. The highest BCUT2D eigenvalue weighted by Gasteiger charge is 2.07. The molecule has 0 aliphatic carbocycles. The summed E-state index contributed by atoms with van der Waals surface area (Å²) in [5.41, 5.74) is 11.6. The Kier molecular flexibility index (Phi) is 1.64. The first kappa shape index (κ1) is 8.50. The summed E-state index contributed by atoms with van der Waals surface area (Å²) in [6, 6.07) is 6.26. The fraction of sp³-hybridized carbons (Fsp3) is 0. The van der Waals surface area contributed by atoms with Crippen molar-refractivity contribution in [2.45, 2.75) is 0 Å². The average Bonchev–Trinajstić information content (AvgIpc) is 2.14. The molecule has 72 valence electrons. The number of aromatic hydroxyl groups is 2. The van der Waals surface area contributed by atoms with Crippen molar-refractivity contribution in [3.63, 3.8) is 0 Å². The molecule has 0 aliphatic heterocycles. The van der Waals surface area contributed by atoms with Crippen LogP contribution in [-0.2, 0) is 0 Å². The number of hydrogen-bond donors (Lipinski definition) is 4. The van der Waals surface area contributed by atoms with Crippen LogP contribution in [0.2, 0.25) is 0 Å². The zero-order valence-electron chi connectivity index (χ0n) is 7.36. The van der Waals surface area contributed by atoms with Crippen molar-refractivity contribution in [1.29, 1.82) is 0 Å². The van der Waals surface area contributed by atoms with Gasteiger partial charge in [0.15, 0.2) is 5.75 Å². The molecule has 14 heavy (non-hydrogen) atoms. The van der Waals surface area contributed by atoms with Gasteiger partial charge in [-0.3, -0.25) is 0 Å². The van der Waals surface area contributed by atoms with Crippen LogP contribution < -0.4 is 11.5 Å². The molecule has 0 unspecified atom stereocenters. The molecule has 0 aromatic heterocycles. The van der Waals surface area contributed by atoms with Gasteiger partial charge >= 0.3 is 0 Å². The normalized spacial score (nSPS) is 10.6. The third kappa shape index (κ3) is 1.08. The van der Waals surface area contributed by atoms with Crippen molar-refractivity contribution in [1.82, 2.24) is 0 Å². The van der Waals surface area contributed by atoms with Crippen LogP contribution in [0.3, 0.4) is 0 Å². The average molecular weight is 190 g/mol. The van der Waals surface area contributed by atoms with Crippen LogP contribution in [0.4, 0.5) is 11.4 Å². The third-order valence-electron chi connectivity index (χ3n) is 2.16. The highest BCUT2D eigenvalue weighted by atomic mass is 16.3. The van der Waals surface area contributed by atoms with Gasteiger partial charge in [0.2, 0.25) is 0 Å². The van der Waals surface area contributed by atoms with Gasteiger partial charge in [0.1, 0.15) is 5.75 Å². The number of benzene rings is 2. The molecule has 2 aromatic rings. The number of hydrogen-bond acceptors (Lipinski definition) is 4. The molecule has 0 amide bonds. The van der Waals surface area contributed by atoms with Crippen LogP contribution in [0, 0.1) is 0 Å². The van der Waals surface area contributed by atoms with Gasteiger partial charge in [0.05, 0.1) is 11.4 Å². The molecule has 4 nitrogen and oxygen atoms in total. The van der Waals surface area contributed by atoms with E-state index in [2.05, 4.69) is 0 Å². The number of nitrogens with two attached hydrogens (primary N) is 2. The maximum absolute atomic E-state index is 9.46. The summed E-state index contributed by atoms with van der Waals surface area (Å²) >= 11 is 0. The number of fused-ring (bicyclic) bond motifs is 1. The zero-order valence-corrected chi connectivity index (χ0v) is 7.36. The van der Waals surface area contributed by atoms with Gasteiger partial charge in [-0.05, 0) is 29.7 Å². The van der Waals surface area contributed by atoms with Gasteiger partial charge in [0, 0.05) is 5.39 Å². The summed E-state index contributed by atoms with van der Waals surface area (Å²) in [6.07, 6.45) is 0. The van der Waals surface area contributed by atoms with E-state index in [0.29, 0.717) is 10.8 Å². The van der Waals surface area contributed by atoms with Crippen LogP contribution in [0.5, 0.6) is 11.5 Å². The van der Waals surface area contributed by atoms with Crippen LogP contribution in [0.25, 0.3) is 10.8 Å². The minimum atomic E-state index is -0.108. The summed E-state index contributed by atoms with van der Waals surface area (Å²) in [5, 5.41) is 20.1. The monoisotopic (exact) mass is 190 g/mol. The second kappa shape index (κ2) is 2.70. The van der Waals surface area contributed by atoms with Gasteiger partial charge in [0.25, 0.3) is 0 Å². The lowest BCUT2D eigenvalue weighted by atomic mass is 10.1. The minimum absolute atomic E-state index is 0.108. The van der Waals surface area contributed by atoms with Crippen molar-refractivity contribution in [3.8, 4) is 11.5 Å². The van der Waals surface area contributed by atoms with E-state index in [1.807, 2.05) is 0 Å². The highest BCUT2D eigenvalue weighted by molar-refractivity contribution is 6.00. The largest absolute Gasteiger partial charge is 0.508 e. The Hall–Kier alpha value is -2.10. The molecule has 0 bridgehead atoms. The molecule has 0 saturated heterocycles. The second-order valence-electron chi connectivity index (χ2n) is 3.13. The molecule has 2 aromatic carbocycles. The van der Waals surface area contributed by atoms with Gasteiger partial charge in [-0.1, -0.05) is 0 Å². The Labute approximate surface area is 80.4 Å². The summed E-state index contributed by atoms with van der Waals surface area (Å²) in [7, 11) is 0. The SMILES string of the molecule is Nc1cc2cc(O)ccc2c(N)c1O. The zero-order chi connectivity index (χ0) is 10.3. The predicted octanol–water partition coefficient (Wildman–Crippen LogP) is 1.42. The number of phenolic OH excluding ortho intramolecular Hbond substituents is 2. The molecule has 0 aliphatic rings. The van der Waals surface area contributed by atoms with E-state index in [1.54, 1.807) is 18.2 Å². The first-order chi connectivity index (χ1) is 6.59. The van der Waals surface area contributed by atoms with E-state index in [-0.39, 0.29) is 22.9 Å². The Balaban J connectivity index is 2.91. The summed E-state index contributed by atoms with van der Waals surface area (Å²) in [5.74, 6) is 0.0326. The predicted molar refractivity (Wildman–Crippen MR) is 56.1 cm³/mol. The van der Waals surface area contributed by atoms with Gasteiger partial charge in [-0.2, -0.15) is 0 Å². The summed E-state index contributed by atoms with van der Waals surface area (Å²) in [6.45, 7) is 0. The molecule has 0 fully saturated rings. The van der Waals surface area contributed by atoms with Crippen LogP contribution in [0.15, 0.2) is 24.3 Å². The number of anilines is 2. The van der Waals surface area contributed by atoms with Gasteiger partial charge in [-0.15, -0.1) is 0 Å². The van der Waals surface area contributed by atoms with Gasteiger partial charge in [-0.25, -0.2) is 0 Å². The Morgan fingerprint density at radius 2 is 1.71 bits per heavy atom. The molecular weight excluding hydrogens is 180 g/mol. The topological polar surface area (TPSA) is 92.5 Å². The fourth-order valence-corrected chi connectivity index (χ4v) is 1.43. The Bertz CT molecular complexity index is 509. The maximum atomic E-state index is 9.46. The fourth-order valence-electron chi connectivity index (χ4n) is 1.43. The lowest BCUT2D eigenvalue weighted by Gasteiger charge is -2.07. The van der Waals surface area contributed by atoms with Crippen molar-refractivity contribution in [2.24, 2.45) is 0 Å². The van der Waals surface area contributed by atoms with Crippen LogP contribution >= 0.6 is 0 Å². The van der Waals surface area contributed by atoms with Crippen molar-refractivity contribution in [2.75, 3.05) is 11.5 Å². The number of phenols is 2. The quantitative estimate of drug-likeness (QED) is 0.373. The van der Waals surface area contributed by atoms with Crippen LogP contribution in [0.1, 0.15) is 0 Å². The maximum Gasteiger partial charge on any atom is 0.162 e. The molecule has 0 radical (unpaired) electrons. The molecule has 4 heteroatoms. The second-order valence-corrected chi connectivity index (χ2v) is 3.13. The lowest BCUT2D eigenvalue weighted by molar-refractivity contribution is 0.475.